The van der Waals surface area contributed by atoms with E-state index in [1.165, 1.54) is 6.92 Å². The number of hydrogen-bond acceptors (Lipinski definition) is 5. The molecule has 2 unspecified atom stereocenters. The predicted molar refractivity (Wildman–Crippen MR) is 139 cm³/mol. The van der Waals surface area contributed by atoms with Crippen LogP contribution in [0.5, 0.6) is 0 Å². The Balaban J connectivity index is 1.99. The Bertz CT molecular complexity index is 1240. The van der Waals surface area contributed by atoms with Crippen molar-refractivity contribution in [3.8, 4) is 0 Å². The zero-order valence-corrected chi connectivity index (χ0v) is 22.2. The average Bonchev–Trinajstić information content (AvgIpc) is 2.95. The molecule has 3 N–H and O–H groups in total. The van der Waals surface area contributed by atoms with E-state index in [1.54, 1.807) is 60.7 Å². The molecule has 0 saturated heterocycles. The number of aliphatic hydroxyl groups is 1. The lowest BCUT2D eigenvalue weighted by atomic mass is 9.76. The monoisotopic (exact) mass is 583 g/mol. The number of esters is 1. The van der Waals surface area contributed by atoms with E-state index in [1.807, 2.05) is 0 Å². The summed E-state index contributed by atoms with van der Waals surface area (Å²) in [6, 6.07) is 18.4. The van der Waals surface area contributed by atoms with Crippen LogP contribution >= 0.6 is 0 Å². The quantitative estimate of drug-likeness (QED) is 0.186. The van der Waals surface area contributed by atoms with Gasteiger partial charge in [-0.15, -0.1) is 0 Å². The van der Waals surface area contributed by atoms with Gasteiger partial charge >= 0.3 is 18.3 Å². The second kappa shape index (κ2) is 13.5. The highest BCUT2D eigenvalue weighted by Crippen LogP contribution is 2.39. The molecule has 3 rings (SSSR count). The first-order valence-corrected chi connectivity index (χ1v) is 12.8. The number of benzene rings is 3. The van der Waals surface area contributed by atoms with E-state index >= 15 is 0 Å². The van der Waals surface area contributed by atoms with Crippen molar-refractivity contribution in [3.63, 3.8) is 0 Å². The second-order valence-electron chi connectivity index (χ2n) is 9.73. The lowest BCUT2D eigenvalue weighted by Gasteiger charge is -2.34. The summed E-state index contributed by atoms with van der Waals surface area (Å²) in [4.78, 5) is 13.7. The molecule has 5 nitrogen and oxygen atoms in total. The molecule has 3 aromatic carbocycles. The smallest absolute Gasteiger partial charge is 0.416 e. The normalized spacial score (nSPS) is 15.1. The van der Waals surface area contributed by atoms with Crippen molar-refractivity contribution in [2.75, 3.05) is 13.2 Å². The summed E-state index contributed by atoms with van der Waals surface area (Å²) in [7, 11) is 0. The molecule has 0 bridgehead atoms. The largest absolute Gasteiger partial charge is 0.460 e. The number of ether oxygens (including phenoxy) is 2. The van der Waals surface area contributed by atoms with E-state index in [-0.39, 0.29) is 37.6 Å². The third-order valence-electron chi connectivity index (χ3n) is 6.77. The molecule has 0 aliphatic carbocycles. The highest BCUT2D eigenvalue weighted by Gasteiger charge is 2.43. The van der Waals surface area contributed by atoms with Crippen molar-refractivity contribution in [2.45, 2.75) is 56.3 Å². The van der Waals surface area contributed by atoms with E-state index in [4.69, 9.17) is 15.2 Å². The van der Waals surface area contributed by atoms with Gasteiger partial charge in [0.05, 0.1) is 29.9 Å². The molecule has 0 fully saturated rings. The Hall–Kier alpha value is -3.41. The highest BCUT2D eigenvalue weighted by atomic mass is 19.4. The van der Waals surface area contributed by atoms with Crippen LogP contribution in [0.2, 0.25) is 0 Å². The number of halogens is 6. The minimum atomic E-state index is -5.02. The SMILES string of the molecule is C[C@@H](OCC(CCC(O)CN)(C(=O)OCc1ccccc1)c1ccccc1)c1cc(C(F)(F)F)cc(C(F)(F)F)c1. The molecule has 0 heterocycles. The standard InChI is InChI=1S/C30H31F6NO4/c1-20(22-14-24(29(31,32)33)16-25(15-22)30(34,35)36)41-19-28(13-12-26(38)17-37,23-10-6-3-7-11-23)27(39)40-18-21-8-4-2-5-9-21/h2-11,14-16,20,26,38H,12-13,17-19,37H2,1H3/t20-,26?,28?/m1/s1. The topological polar surface area (TPSA) is 81.8 Å². The molecule has 0 spiro atoms. The maximum Gasteiger partial charge on any atom is 0.416 e. The van der Waals surface area contributed by atoms with Crippen molar-refractivity contribution < 1.29 is 45.7 Å². The van der Waals surface area contributed by atoms with Crippen LogP contribution in [0.25, 0.3) is 0 Å². The van der Waals surface area contributed by atoms with Crippen LogP contribution in [-0.2, 0) is 38.6 Å². The molecular weight excluding hydrogens is 552 g/mol. The van der Waals surface area contributed by atoms with Gasteiger partial charge in [-0.1, -0.05) is 60.7 Å². The summed E-state index contributed by atoms with van der Waals surface area (Å²) in [6.07, 6.45) is -12.3. The number of rotatable bonds is 12. The van der Waals surface area contributed by atoms with Crippen LogP contribution in [0.1, 0.15) is 53.7 Å². The molecule has 11 heteroatoms. The first kappa shape index (κ1) is 32.1. The number of hydrogen-bond donors (Lipinski definition) is 2. The van der Waals surface area contributed by atoms with E-state index in [0.717, 1.165) is 0 Å². The summed E-state index contributed by atoms with van der Waals surface area (Å²) in [6.45, 7) is 0.660. The van der Waals surface area contributed by atoms with Crippen molar-refractivity contribution in [1.29, 1.82) is 0 Å². The van der Waals surface area contributed by atoms with E-state index in [0.29, 0.717) is 23.3 Å². The Kier molecular flexibility index (Phi) is 10.6. The molecule has 0 radical (unpaired) electrons. The van der Waals surface area contributed by atoms with Gasteiger partial charge in [0.2, 0.25) is 0 Å². The Morgan fingerprint density at radius 3 is 1.90 bits per heavy atom. The van der Waals surface area contributed by atoms with Gasteiger partial charge < -0.3 is 20.3 Å². The zero-order valence-electron chi connectivity index (χ0n) is 22.2. The minimum absolute atomic E-state index is 0.0217. The minimum Gasteiger partial charge on any atom is -0.460 e. The molecule has 0 aliphatic heterocycles. The third-order valence-corrected chi connectivity index (χ3v) is 6.77. The number of carbonyl (C=O) groups is 1. The van der Waals surface area contributed by atoms with Crippen LogP contribution in [0, 0.1) is 0 Å². The number of carbonyl (C=O) groups excluding carboxylic acids is 1. The average molecular weight is 584 g/mol. The second-order valence-corrected chi connectivity index (χ2v) is 9.73. The van der Waals surface area contributed by atoms with E-state index in [9.17, 15) is 36.2 Å². The fourth-order valence-electron chi connectivity index (χ4n) is 4.31. The molecule has 0 saturated carbocycles. The van der Waals surface area contributed by atoms with Crippen LogP contribution < -0.4 is 5.73 Å². The Morgan fingerprint density at radius 1 is 0.854 bits per heavy atom. The number of alkyl halides is 6. The van der Waals surface area contributed by atoms with Crippen LogP contribution in [-0.4, -0.2) is 30.3 Å². The van der Waals surface area contributed by atoms with E-state index < -0.39 is 53.7 Å². The molecule has 0 amide bonds. The van der Waals surface area contributed by atoms with Crippen LogP contribution in [0.15, 0.2) is 78.9 Å². The zero-order chi connectivity index (χ0) is 30.3. The van der Waals surface area contributed by atoms with Crippen LogP contribution in [0.4, 0.5) is 26.3 Å². The first-order valence-electron chi connectivity index (χ1n) is 12.8. The van der Waals surface area contributed by atoms with Crippen LogP contribution in [0.3, 0.4) is 0 Å². The molecule has 3 aromatic rings. The third kappa shape index (κ3) is 8.54. The summed E-state index contributed by atoms with van der Waals surface area (Å²) >= 11 is 0. The van der Waals surface area contributed by atoms with Gasteiger partial charge in [0, 0.05) is 6.54 Å². The molecule has 3 atom stereocenters. The maximum atomic E-state index is 13.7. The summed E-state index contributed by atoms with van der Waals surface area (Å²) in [5.41, 5.74) is 1.83. The maximum absolute atomic E-state index is 13.7. The van der Waals surface area contributed by atoms with Gasteiger partial charge in [0.15, 0.2) is 0 Å². The molecule has 0 aromatic heterocycles. The number of aliphatic hydroxyl groups excluding tert-OH is 1. The fraction of sp³-hybridized carbons (Fsp3) is 0.367. The summed E-state index contributed by atoms with van der Waals surface area (Å²) < 4.78 is 92.1. The van der Waals surface area contributed by atoms with Gasteiger partial charge in [-0.2, -0.15) is 26.3 Å². The van der Waals surface area contributed by atoms with Crippen molar-refractivity contribution >= 4 is 5.97 Å². The highest BCUT2D eigenvalue weighted by molar-refractivity contribution is 5.83. The number of nitrogens with two attached hydrogens (primary N) is 1. The molecule has 41 heavy (non-hydrogen) atoms. The van der Waals surface area contributed by atoms with Gasteiger partial charge in [0.1, 0.15) is 12.0 Å². The molecule has 0 aliphatic rings. The van der Waals surface area contributed by atoms with Crippen molar-refractivity contribution in [3.05, 3.63) is 107 Å². The fourth-order valence-corrected chi connectivity index (χ4v) is 4.31. The lowest BCUT2D eigenvalue weighted by Crippen LogP contribution is -2.43. The lowest BCUT2D eigenvalue weighted by molar-refractivity contribution is -0.156. The van der Waals surface area contributed by atoms with Gasteiger partial charge in [-0.05, 0) is 54.7 Å². The summed E-state index contributed by atoms with van der Waals surface area (Å²) in [5.74, 6) is -0.732. The van der Waals surface area contributed by atoms with Crippen molar-refractivity contribution in [2.24, 2.45) is 5.73 Å². The molecule has 222 valence electrons. The van der Waals surface area contributed by atoms with Gasteiger partial charge in [-0.25, -0.2) is 0 Å². The first-order chi connectivity index (χ1) is 19.3. The Labute approximate surface area is 233 Å². The van der Waals surface area contributed by atoms with Gasteiger partial charge in [-0.3, -0.25) is 4.79 Å². The van der Waals surface area contributed by atoms with E-state index in [2.05, 4.69) is 0 Å². The Morgan fingerprint density at radius 2 is 1.39 bits per heavy atom. The summed E-state index contributed by atoms with van der Waals surface area (Å²) in [5, 5.41) is 10.2. The molecular formula is C30H31F6NO4. The van der Waals surface area contributed by atoms with Crippen molar-refractivity contribution in [1.82, 2.24) is 0 Å². The predicted octanol–water partition coefficient (Wildman–Crippen LogP) is 6.58. The van der Waals surface area contributed by atoms with Gasteiger partial charge in [0.25, 0.3) is 0 Å².